The van der Waals surface area contributed by atoms with Gasteiger partial charge in [0, 0.05) is 18.8 Å². The number of hydrogen-bond donors (Lipinski definition) is 0. The Balaban J connectivity index is 1.75. The lowest BCUT2D eigenvalue weighted by molar-refractivity contribution is 0.124. The van der Waals surface area contributed by atoms with Gasteiger partial charge in [-0.05, 0) is 38.0 Å². The van der Waals surface area contributed by atoms with Gasteiger partial charge >= 0.3 is 0 Å². The molecule has 0 aliphatic carbocycles. The highest BCUT2D eigenvalue weighted by Gasteiger charge is 2.32. The van der Waals surface area contributed by atoms with Crippen LogP contribution in [0.3, 0.4) is 0 Å². The second-order valence-corrected chi connectivity index (χ2v) is 7.76. The first-order valence-corrected chi connectivity index (χ1v) is 9.80. The molecular formula is C17H20FN3O4S. The molecular weight excluding hydrogens is 361 g/mol. The summed E-state index contributed by atoms with van der Waals surface area (Å²) in [6.45, 7) is 2.58. The fourth-order valence-electron chi connectivity index (χ4n) is 2.80. The van der Waals surface area contributed by atoms with E-state index < -0.39 is 15.8 Å². The SMILES string of the molecule is CCOc1ccc(S(=O)(=O)N2CCCC(Oc3ccncn3)C2)cc1F. The number of rotatable bonds is 6. The summed E-state index contributed by atoms with van der Waals surface area (Å²) in [6, 6.07) is 5.31. The Morgan fingerprint density at radius 1 is 1.35 bits per heavy atom. The second kappa shape index (κ2) is 7.96. The summed E-state index contributed by atoms with van der Waals surface area (Å²) in [4.78, 5) is 7.71. The van der Waals surface area contributed by atoms with Crippen LogP contribution in [0.25, 0.3) is 0 Å². The third kappa shape index (κ3) is 4.10. The van der Waals surface area contributed by atoms with Crippen molar-refractivity contribution in [3.8, 4) is 11.6 Å². The molecule has 1 atom stereocenters. The van der Waals surface area contributed by atoms with Crippen LogP contribution in [0, 0.1) is 5.82 Å². The summed E-state index contributed by atoms with van der Waals surface area (Å²) in [5.41, 5.74) is 0. The van der Waals surface area contributed by atoms with Crippen LogP contribution in [0.2, 0.25) is 0 Å². The zero-order valence-corrected chi connectivity index (χ0v) is 15.2. The molecule has 0 saturated carbocycles. The van der Waals surface area contributed by atoms with Crippen LogP contribution in [-0.4, -0.2) is 48.5 Å². The van der Waals surface area contributed by atoms with Crippen molar-refractivity contribution in [1.29, 1.82) is 0 Å². The van der Waals surface area contributed by atoms with Crippen molar-refractivity contribution in [2.24, 2.45) is 0 Å². The highest BCUT2D eigenvalue weighted by atomic mass is 32.2. The van der Waals surface area contributed by atoms with Crippen molar-refractivity contribution in [3.63, 3.8) is 0 Å². The van der Waals surface area contributed by atoms with Gasteiger partial charge in [0.2, 0.25) is 15.9 Å². The largest absolute Gasteiger partial charge is 0.491 e. The van der Waals surface area contributed by atoms with Crippen LogP contribution >= 0.6 is 0 Å². The molecule has 7 nitrogen and oxygen atoms in total. The second-order valence-electron chi connectivity index (χ2n) is 5.82. The highest BCUT2D eigenvalue weighted by molar-refractivity contribution is 7.89. The minimum Gasteiger partial charge on any atom is -0.491 e. The molecule has 0 spiro atoms. The molecule has 1 aliphatic rings. The summed E-state index contributed by atoms with van der Waals surface area (Å²) >= 11 is 0. The molecule has 0 bridgehead atoms. The van der Waals surface area contributed by atoms with Crippen LogP contribution in [0.5, 0.6) is 11.6 Å². The van der Waals surface area contributed by atoms with Gasteiger partial charge in [0.25, 0.3) is 0 Å². The summed E-state index contributed by atoms with van der Waals surface area (Å²) in [5, 5.41) is 0. The molecule has 26 heavy (non-hydrogen) atoms. The maximum Gasteiger partial charge on any atom is 0.243 e. The summed E-state index contributed by atoms with van der Waals surface area (Å²) in [7, 11) is -3.82. The van der Waals surface area contributed by atoms with E-state index in [1.165, 1.54) is 22.8 Å². The van der Waals surface area contributed by atoms with E-state index in [0.29, 0.717) is 31.9 Å². The maximum atomic E-state index is 14.1. The monoisotopic (exact) mass is 381 g/mol. The van der Waals surface area contributed by atoms with Crippen LogP contribution in [0.1, 0.15) is 19.8 Å². The molecule has 1 unspecified atom stereocenters. The third-order valence-electron chi connectivity index (χ3n) is 4.02. The van der Waals surface area contributed by atoms with Crippen molar-refractivity contribution in [2.45, 2.75) is 30.8 Å². The molecule has 2 aromatic rings. The Bertz CT molecular complexity index is 848. The Hall–Kier alpha value is -2.26. The Kier molecular flexibility index (Phi) is 5.67. The van der Waals surface area contributed by atoms with Gasteiger partial charge in [-0.15, -0.1) is 0 Å². The smallest absolute Gasteiger partial charge is 0.243 e. The van der Waals surface area contributed by atoms with E-state index in [-0.39, 0.29) is 23.3 Å². The molecule has 9 heteroatoms. The average Bonchev–Trinajstić information content (AvgIpc) is 2.64. The van der Waals surface area contributed by atoms with E-state index >= 15 is 0 Å². The highest BCUT2D eigenvalue weighted by Crippen LogP contribution is 2.26. The van der Waals surface area contributed by atoms with Crippen molar-refractivity contribution in [3.05, 3.63) is 42.6 Å². The molecule has 1 aliphatic heterocycles. The molecule has 0 N–H and O–H groups in total. The van der Waals surface area contributed by atoms with Gasteiger partial charge in [-0.25, -0.2) is 22.8 Å². The number of ether oxygens (including phenoxy) is 2. The van der Waals surface area contributed by atoms with Crippen LogP contribution in [0.15, 0.2) is 41.7 Å². The molecule has 0 radical (unpaired) electrons. The predicted molar refractivity (Wildman–Crippen MR) is 92.0 cm³/mol. The van der Waals surface area contributed by atoms with Gasteiger partial charge in [-0.3, -0.25) is 0 Å². The lowest BCUT2D eigenvalue weighted by Crippen LogP contribution is -2.44. The minimum atomic E-state index is -3.82. The number of piperidine rings is 1. The number of benzene rings is 1. The van der Waals surface area contributed by atoms with Crippen molar-refractivity contribution >= 4 is 10.0 Å². The number of hydrogen-bond acceptors (Lipinski definition) is 6. The van der Waals surface area contributed by atoms with E-state index in [9.17, 15) is 12.8 Å². The Morgan fingerprint density at radius 3 is 2.88 bits per heavy atom. The van der Waals surface area contributed by atoms with Gasteiger partial charge in [0.15, 0.2) is 11.6 Å². The quantitative estimate of drug-likeness (QED) is 0.763. The molecule has 1 aromatic carbocycles. The summed E-state index contributed by atoms with van der Waals surface area (Å²) in [5.74, 6) is -0.259. The molecule has 0 amide bonds. The number of halogens is 1. The lowest BCUT2D eigenvalue weighted by atomic mass is 10.1. The van der Waals surface area contributed by atoms with Gasteiger partial charge in [-0.2, -0.15) is 4.31 Å². The zero-order valence-electron chi connectivity index (χ0n) is 14.3. The number of nitrogens with zero attached hydrogens (tertiary/aromatic N) is 3. The normalized spacial score (nSPS) is 18.5. The van der Waals surface area contributed by atoms with Gasteiger partial charge < -0.3 is 9.47 Å². The van der Waals surface area contributed by atoms with Crippen LogP contribution in [0.4, 0.5) is 4.39 Å². The van der Waals surface area contributed by atoms with E-state index in [2.05, 4.69) is 9.97 Å². The molecule has 3 rings (SSSR count). The molecule has 1 fully saturated rings. The van der Waals surface area contributed by atoms with E-state index in [1.54, 1.807) is 19.2 Å². The Morgan fingerprint density at radius 2 is 2.19 bits per heavy atom. The zero-order chi connectivity index (χ0) is 18.6. The van der Waals surface area contributed by atoms with E-state index in [0.717, 1.165) is 6.07 Å². The molecule has 1 aromatic heterocycles. The van der Waals surface area contributed by atoms with Gasteiger partial charge in [0.1, 0.15) is 12.4 Å². The van der Waals surface area contributed by atoms with Crippen LogP contribution < -0.4 is 9.47 Å². The van der Waals surface area contributed by atoms with E-state index in [4.69, 9.17) is 9.47 Å². The number of aromatic nitrogens is 2. The van der Waals surface area contributed by atoms with Crippen molar-refractivity contribution < 1.29 is 22.3 Å². The first kappa shape index (κ1) is 18.5. The van der Waals surface area contributed by atoms with Gasteiger partial charge in [-0.1, -0.05) is 0 Å². The molecule has 2 heterocycles. The van der Waals surface area contributed by atoms with Crippen LogP contribution in [-0.2, 0) is 10.0 Å². The minimum absolute atomic E-state index is 0.0371. The van der Waals surface area contributed by atoms with E-state index in [1.807, 2.05) is 0 Å². The summed E-state index contributed by atoms with van der Waals surface area (Å²) in [6.07, 6.45) is 3.97. The number of sulfonamides is 1. The fraction of sp³-hybridized carbons (Fsp3) is 0.412. The van der Waals surface area contributed by atoms with Crippen molar-refractivity contribution in [1.82, 2.24) is 14.3 Å². The average molecular weight is 381 g/mol. The fourth-order valence-corrected chi connectivity index (χ4v) is 4.32. The molecule has 140 valence electrons. The standard InChI is InChI=1S/C17H20FN3O4S/c1-2-24-16-6-5-14(10-15(16)18)26(22,23)21-9-3-4-13(11-21)25-17-7-8-19-12-20-17/h5-8,10,12-13H,2-4,9,11H2,1H3. The Labute approximate surface area is 151 Å². The predicted octanol–water partition coefficient (Wildman–Crippen LogP) is 2.25. The van der Waals surface area contributed by atoms with Crippen molar-refractivity contribution in [2.75, 3.05) is 19.7 Å². The molecule has 1 saturated heterocycles. The first-order valence-electron chi connectivity index (χ1n) is 8.36. The van der Waals surface area contributed by atoms with Gasteiger partial charge in [0.05, 0.1) is 18.0 Å². The first-order chi connectivity index (χ1) is 12.5. The topological polar surface area (TPSA) is 81.6 Å². The summed E-state index contributed by atoms with van der Waals surface area (Å²) < 4.78 is 51.9. The third-order valence-corrected chi connectivity index (χ3v) is 5.89. The lowest BCUT2D eigenvalue weighted by Gasteiger charge is -2.31. The maximum absolute atomic E-state index is 14.1.